The summed E-state index contributed by atoms with van der Waals surface area (Å²) in [6, 6.07) is 0.276. The first-order valence-electron chi connectivity index (χ1n) is 12.8. The zero-order chi connectivity index (χ0) is 24.8. The molecule has 2 atom stereocenters. The summed E-state index contributed by atoms with van der Waals surface area (Å²) in [6.07, 6.45) is 19.0. The van der Waals surface area contributed by atoms with E-state index in [9.17, 15) is 0 Å². The summed E-state index contributed by atoms with van der Waals surface area (Å²) >= 11 is 1.63. The fourth-order valence-electron chi connectivity index (χ4n) is 4.22. The van der Waals surface area contributed by atoms with Crippen LogP contribution in [-0.4, -0.2) is 54.6 Å². The van der Waals surface area contributed by atoms with Crippen molar-refractivity contribution < 1.29 is 0 Å². The minimum atomic E-state index is 0.276. The number of rotatable bonds is 17. The molecule has 0 saturated carbocycles. The number of nitrogens with one attached hydrogen (secondary N) is 1. The van der Waals surface area contributed by atoms with Crippen molar-refractivity contribution in [3.05, 3.63) is 71.0 Å². The number of thiazole rings is 1. The maximum atomic E-state index is 4.38. The third-order valence-electron chi connectivity index (χ3n) is 6.37. The van der Waals surface area contributed by atoms with E-state index in [0.29, 0.717) is 5.92 Å². The molecule has 34 heavy (non-hydrogen) atoms. The molecule has 0 amide bonds. The van der Waals surface area contributed by atoms with Crippen molar-refractivity contribution in [3.63, 3.8) is 0 Å². The van der Waals surface area contributed by atoms with Gasteiger partial charge < -0.3 is 15.1 Å². The highest BCUT2D eigenvalue weighted by Crippen LogP contribution is 2.18. The number of likely N-dealkylation sites (N-methyl/N-ethyl adjacent to an activating group) is 2. The van der Waals surface area contributed by atoms with Crippen LogP contribution >= 0.6 is 11.3 Å². The molecular formula is C29H46N4S. The molecule has 1 aliphatic rings. The number of hydrogen-bond acceptors (Lipinski definition) is 5. The number of allylic oxidation sites excluding steroid dienone is 4. The van der Waals surface area contributed by atoms with Gasteiger partial charge in [0.05, 0.1) is 11.2 Å². The fraction of sp³-hybridized carbons (Fsp3) is 0.552. The molecule has 0 aliphatic heterocycles. The van der Waals surface area contributed by atoms with E-state index in [1.165, 1.54) is 37.0 Å². The van der Waals surface area contributed by atoms with E-state index in [1.54, 1.807) is 11.3 Å². The minimum absolute atomic E-state index is 0.276. The van der Waals surface area contributed by atoms with Crippen LogP contribution in [0.3, 0.4) is 0 Å². The van der Waals surface area contributed by atoms with Crippen molar-refractivity contribution in [1.82, 2.24) is 20.1 Å². The first kappa shape index (κ1) is 28.1. The Morgan fingerprint density at radius 1 is 1.24 bits per heavy atom. The molecule has 5 heteroatoms. The predicted octanol–water partition coefficient (Wildman–Crippen LogP) is 6.89. The quantitative estimate of drug-likeness (QED) is 0.262. The molecular weight excluding hydrogens is 436 g/mol. The average molecular weight is 483 g/mol. The van der Waals surface area contributed by atoms with Crippen LogP contribution in [0.15, 0.2) is 65.3 Å². The summed E-state index contributed by atoms with van der Waals surface area (Å²) in [6.45, 7) is 16.3. The Hall–Kier alpha value is -2.11. The van der Waals surface area contributed by atoms with E-state index >= 15 is 0 Å². The molecule has 1 aromatic heterocycles. The molecule has 2 rings (SSSR count). The van der Waals surface area contributed by atoms with Gasteiger partial charge in [-0.1, -0.05) is 64.2 Å². The van der Waals surface area contributed by atoms with Gasteiger partial charge in [-0.2, -0.15) is 0 Å². The summed E-state index contributed by atoms with van der Waals surface area (Å²) in [4.78, 5) is 9.06. The topological polar surface area (TPSA) is 31.4 Å². The minimum Gasteiger partial charge on any atom is -0.383 e. The Morgan fingerprint density at radius 2 is 2.06 bits per heavy atom. The molecule has 1 heterocycles. The van der Waals surface area contributed by atoms with Crippen LogP contribution < -0.4 is 5.32 Å². The van der Waals surface area contributed by atoms with Gasteiger partial charge in [-0.05, 0) is 56.7 Å². The van der Waals surface area contributed by atoms with Gasteiger partial charge in [-0.15, -0.1) is 11.3 Å². The Balaban J connectivity index is 1.75. The lowest BCUT2D eigenvalue weighted by Gasteiger charge is -2.26. The third-order valence-corrected chi connectivity index (χ3v) is 6.98. The first-order chi connectivity index (χ1) is 16.4. The van der Waals surface area contributed by atoms with E-state index in [1.807, 2.05) is 5.51 Å². The maximum Gasteiger partial charge on any atom is 0.0798 e. The second-order valence-electron chi connectivity index (χ2n) is 9.74. The highest BCUT2D eigenvalue weighted by atomic mass is 32.1. The van der Waals surface area contributed by atoms with E-state index < -0.39 is 0 Å². The average Bonchev–Trinajstić information content (AvgIpc) is 3.34. The third kappa shape index (κ3) is 11.3. The molecule has 0 fully saturated rings. The molecule has 188 valence electrons. The maximum absolute atomic E-state index is 4.38. The molecule has 0 bridgehead atoms. The van der Waals surface area contributed by atoms with E-state index in [2.05, 4.69) is 97.0 Å². The van der Waals surface area contributed by atoms with Gasteiger partial charge in [0, 0.05) is 49.5 Å². The first-order valence-corrected chi connectivity index (χ1v) is 13.7. The summed E-state index contributed by atoms with van der Waals surface area (Å²) in [5.74, 6) is 0.674. The molecule has 2 unspecified atom stereocenters. The van der Waals surface area contributed by atoms with Crippen molar-refractivity contribution in [2.75, 3.05) is 33.7 Å². The van der Waals surface area contributed by atoms with Gasteiger partial charge in [0.2, 0.25) is 0 Å². The smallest absolute Gasteiger partial charge is 0.0798 e. The van der Waals surface area contributed by atoms with Gasteiger partial charge in [-0.3, -0.25) is 0 Å². The summed E-state index contributed by atoms with van der Waals surface area (Å²) in [7, 11) is 4.35. The van der Waals surface area contributed by atoms with Crippen molar-refractivity contribution in [2.45, 2.75) is 64.8 Å². The fourth-order valence-corrected chi connectivity index (χ4v) is 4.75. The Morgan fingerprint density at radius 3 is 2.74 bits per heavy atom. The van der Waals surface area contributed by atoms with Gasteiger partial charge in [0.25, 0.3) is 0 Å². The lowest BCUT2D eigenvalue weighted by atomic mass is 9.96. The highest BCUT2D eigenvalue weighted by Gasteiger charge is 2.12. The van der Waals surface area contributed by atoms with Gasteiger partial charge in [0.15, 0.2) is 0 Å². The Bertz CT molecular complexity index is 821. The molecule has 1 aromatic rings. The van der Waals surface area contributed by atoms with E-state index in [-0.39, 0.29) is 6.04 Å². The lowest BCUT2D eigenvalue weighted by Crippen LogP contribution is -2.32. The SMILES string of the molecule is C=C(CCC(=C)N(C)CCN(C)CC1=CCCC=C1)NC(/C=C\c1cscn1)CC(C)CCC. The summed E-state index contributed by atoms with van der Waals surface area (Å²) < 4.78 is 0. The second kappa shape index (κ2) is 15.7. The van der Waals surface area contributed by atoms with Crippen LogP contribution in [0.4, 0.5) is 0 Å². The van der Waals surface area contributed by atoms with E-state index in [4.69, 9.17) is 0 Å². The zero-order valence-corrected chi connectivity index (χ0v) is 22.7. The predicted molar refractivity (Wildman–Crippen MR) is 151 cm³/mol. The zero-order valence-electron chi connectivity index (χ0n) is 21.9. The number of hydrogen-bond donors (Lipinski definition) is 1. The van der Waals surface area contributed by atoms with Crippen molar-refractivity contribution in [1.29, 1.82) is 0 Å². The highest BCUT2D eigenvalue weighted by molar-refractivity contribution is 7.07. The van der Waals surface area contributed by atoms with Crippen LogP contribution in [0.25, 0.3) is 6.08 Å². The molecule has 0 saturated heterocycles. The van der Waals surface area contributed by atoms with Crippen LogP contribution in [-0.2, 0) is 0 Å². The van der Waals surface area contributed by atoms with Crippen molar-refractivity contribution in [3.8, 4) is 0 Å². The molecule has 0 radical (unpaired) electrons. The van der Waals surface area contributed by atoms with Crippen LogP contribution in [0, 0.1) is 5.92 Å². The van der Waals surface area contributed by atoms with Crippen molar-refractivity contribution in [2.24, 2.45) is 5.92 Å². The van der Waals surface area contributed by atoms with Gasteiger partial charge >= 0.3 is 0 Å². The van der Waals surface area contributed by atoms with Crippen LogP contribution in [0.1, 0.15) is 64.5 Å². The molecule has 0 aromatic carbocycles. The van der Waals surface area contributed by atoms with Crippen molar-refractivity contribution >= 4 is 17.4 Å². The van der Waals surface area contributed by atoms with Gasteiger partial charge in [0.1, 0.15) is 0 Å². The standard InChI is InChI=1S/C29H46N4S/c1-7-11-24(2)20-28(16-17-29-22-34-23-30-29)31-25(3)14-15-26(4)33(6)19-18-32(5)21-27-12-9-8-10-13-27/h9,12-13,16-17,22-24,28,31H,3-4,7-8,10-11,14-15,18-21H2,1-2,5-6H3/b17-16-. The second-order valence-corrected chi connectivity index (χ2v) is 10.5. The molecule has 1 N–H and O–H groups in total. The Labute approximate surface area is 212 Å². The summed E-state index contributed by atoms with van der Waals surface area (Å²) in [5, 5.41) is 5.75. The number of aromatic nitrogens is 1. The monoisotopic (exact) mass is 482 g/mol. The van der Waals surface area contributed by atoms with Crippen LogP contribution in [0.5, 0.6) is 0 Å². The van der Waals surface area contributed by atoms with E-state index in [0.717, 1.165) is 50.3 Å². The van der Waals surface area contributed by atoms with Crippen LogP contribution in [0.2, 0.25) is 0 Å². The largest absolute Gasteiger partial charge is 0.383 e. The number of nitrogens with zero attached hydrogens (tertiary/aromatic N) is 3. The Kier molecular flexibility index (Phi) is 13.0. The lowest BCUT2D eigenvalue weighted by molar-refractivity contribution is 0.298. The summed E-state index contributed by atoms with van der Waals surface area (Å²) in [5.41, 5.74) is 6.59. The molecule has 1 aliphatic carbocycles. The normalized spacial score (nSPS) is 15.4. The van der Waals surface area contributed by atoms with Gasteiger partial charge in [-0.25, -0.2) is 4.98 Å². The molecule has 0 spiro atoms. The molecule has 4 nitrogen and oxygen atoms in total.